The van der Waals surface area contributed by atoms with Crippen molar-refractivity contribution in [1.29, 1.82) is 0 Å². The normalized spacial score (nSPS) is 34.3. The molecule has 94 valence electrons. The van der Waals surface area contributed by atoms with E-state index in [4.69, 9.17) is 0 Å². The first-order valence-corrected chi connectivity index (χ1v) is 6.41. The summed E-state index contributed by atoms with van der Waals surface area (Å²) in [4.78, 5) is 0. The molecule has 0 unspecified atom stereocenters. The number of hydrogen-bond acceptors (Lipinski definition) is 2. The average Bonchev–Trinajstić information content (AvgIpc) is 2.38. The fourth-order valence-electron chi connectivity index (χ4n) is 2.06. The van der Waals surface area contributed by atoms with E-state index in [-0.39, 0.29) is 0 Å². The number of rotatable bonds is 0. The molecule has 0 aliphatic heterocycles. The van der Waals surface area contributed by atoms with Gasteiger partial charge in [-0.25, -0.2) is 0 Å². The maximum atomic E-state index is 10.1. The molecule has 0 bridgehead atoms. The number of allylic oxidation sites excluding steroid dienone is 4. The molecule has 0 aromatic carbocycles. The highest BCUT2D eigenvalue weighted by molar-refractivity contribution is 5.50. The van der Waals surface area contributed by atoms with Gasteiger partial charge in [-0.2, -0.15) is 0 Å². The topological polar surface area (TPSA) is 40.5 Å². The van der Waals surface area contributed by atoms with Gasteiger partial charge >= 0.3 is 0 Å². The van der Waals surface area contributed by atoms with Gasteiger partial charge in [-0.05, 0) is 44.3 Å². The predicted octanol–water partition coefficient (Wildman–Crippen LogP) is 1.94. The molecular weight excluding hydrogens is 224 g/mol. The van der Waals surface area contributed by atoms with Crippen LogP contribution >= 0.6 is 0 Å². The molecule has 2 rings (SSSR count). The molecule has 2 nitrogen and oxygen atoms in total. The van der Waals surface area contributed by atoms with E-state index in [0.717, 1.165) is 30.4 Å². The van der Waals surface area contributed by atoms with E-state index in [1.54, 1.807) is 6.92 Å². The van der Waals surface area contributed by atoms with Crippen LogP contribution in [0.3, 0.4) is 0 Å². The van der Waals surface area contributed by atoms with Crippen molar-refractivity contribution in [3.8, 4) is 23.7 Å². The highest BCUT2D eigenvalue weighted by Gasteiger charge is 2.27. The van der Waals surface area contributed by atoms with Crippen LogP contribution < -0.4 is 0 Å². The molecule has 2 aliphatic carbocycles. The zero-order chi connectivity index (χ0) is 13.0. The van der Waals surface area contributed by atoms with Crippen molar-refractivity contribution in [2.24, 2.45) is 0 Å². The van der Waals surface area contributed by atoms with Gasteiger partial charge in [-0.1, -0.05) is 29.8 Å². The molecule has 0 saturated carbocycles. The number of aliphatic hydroxyl groups excluding tert-OH is 1. The minimum atomic E-state index is -1.37. The van der Waals surface area contributed by atoms with Crippen molar-refractivity contribution in [1.82, 2.24) is 0 Å². The Morgan fingerprint density at radius 3 is 3.11 bits per heavy atom. The SMILES string of the molecule is C[C@]1(O)C#CC2=CCCC/C2=C/C#CCC[C@@H]1O. The van der Waals surface area contributed by atoms with Crippen molar-refractivity contribution in [3.63, 3.8) is 0 Å². The first-order valence-electron chi connectivity index (χ1n) is 6.41. The molecule has 0 aromatic rings. The van der Waals surface area contributed by atoms with Gasteiger partial charge in [0.1, 0.15) is 5.60 Å². The highest BCUT2D eigenvalue weighted by atomic mass is 16.3. The summed E-state index contributed by atoms with van der Waals surface area (Å²) in [6, 6.07) is 0. The zero-order valence-corrected chi connectivity index (χ0v) is 10.7. The Morgan fingerprint density at radius 2 is 2.28 bits per heavy atom. The Bertz CT molecular complexity index is 501. The van der Waals surface area contributed by atoms with Crippen molar-refractivity contribution < 1.29 is 10.2 Å². The maximum Gasteiger partial charge on any atom is 0.148 e. The van der Waals surface area contributed by atoms with Gasteiger partial charge in [0.25, 0.3) is 0 Å². The van der Waals surface area contributed by atoms with Crippen LogP contribution in [-0.4, -0.2) is 21.9 Å². The summed E-state index contributed by atoms with van der Waals surface area (Å²) >= 11 is 0. The molecule has 0 saturated heterocycles. The maximum absolute atomic E-state index is 10.1. The van der Waals surface area contributed by atoms with Crippen LogP contribution in [0.5, 0.6) is 0 Å². The predicted molar refractivity (Wildman–Crippen MR) is 71.4 cm³/mol. The summed E-state index contributed by atoms with van der Waals surface area (Å²) in [5, 5.41) is 20.0. The first-order chi connectivity index (χ1) is 8.59. The van der Waals surface area contributed by atoms with E-state index < -0.39 is 11.7 Å². The van der Waals surface area contributed by atoms with Gasteiger partial charge in [-0.3, -0.25) is 0 Å². The Hall–Kier alpha value is -1.48. The molecule has 0 fully saturated rings. The fourth-order valence-corrected chi connectivity index (χ4v) is 2.06. The minimum Gasteiger partial charge on any atom is -0.389 e. The Kier molecular flexibility index (Phi) is 3.92. The molecule has 0 spiro atoms. The van der Waals surface area contributed by atoms with Crippen LogP contribution in [0.2, 0.25) is 0 Å². The van der Waals surface area contributed by atoms with Gasteiger partial charge in [0.2, 0.25) is 0 Å². The lowest BCUT2D eigenvalue weighted by atomic mass is 9.92. The van der Waals surface area contributed by atoms with Crippen molar-refractivity contribution in [2.75, 3.05) is 0 Å². The average molecular weight is 242 g/mol. The molecule has 0 radical (unpaired) electrons. The third-order valence-electron chi connectivity index (χ3n) is 3.33. The molecule has 0 aromatic heterocycles. The van der Waals surface area contributed by atoms with Crippen molar-refractivity contribution >= 4 is 0 Å². The highest BCUT2D eigenvalue weighted by Crippen LogP contribution is 2.24. The third kappa shape index (κ3) is 3.05. The van der Waals surface area contributed by atoms with Crippen molar-refractivity contribution in [3.05, 3.63) is 23.3 Å². The summed E-state index contributed by atoms with van der Waals surface area (Å²) in [7, 11) is 0. The van der Waals surface area contributed by atoms with Gasteiger partial charge in [0.15, 0.2) is 0 Å². The second kappa shape index (κ2) is 5.44. The van der Waals surface area contributed by atoms with Gasteiger partial charge in [0.05, 0.1) is 6.10 Å². The van der Waals surface area contributed by atoms with E-state index in [2.05, 4.69) is 29.8 Å². The Morgan fingerprint density at radius 1 is 1.44 bits per heavy atom. The fraction of sp³-hybridized carbons (Fsp3) is 0.500. The molecule has 2 heteroatoms. The minimum absolute atomic E-state index is 0.441. The Balaban J connectivity index is 2.39. The van der Waals surface area contributed by atoms with E-state index in [0.29, 0.717) is 12.8 Å². The van der Waals surface area contributed by atoms with Crippen LogP contribution in [0.25, 0.3) is 0 Å². The largest absolute Gasteiger partial charge is 0.389 e. The summed E-state index contributed by atoms with van der Waals surface area (Å²) in [5.74, 6) is 11.8. The smallest absolute Gasteiger partial charge is 0.148 e. The van der Waals surface area contributed by atoms with Crippen LogP contribution in [-0.2, 0) is 0 Å². The second-order valence-electron chi connectivity index (χ2n) is 4.95. The Labute approximate surface area is 108 Å². The summed E-state index contributed by atoms with van der Waals surface area (Å²) in [6.07, 6.45) is 7.29. The summed E-state index contributed by atoms with van der Waals surface area (Å²) < 4.78 is 0. The molecule has 2 N–H and O–H groups in total. The van der Waals surface area contributed by atoms with E-state index in [1.807, 2.05) is 6.08 Å². The molecule has 18 heavy (non-hydrogen) atoms. The lowest BCUT2D eigenvalue weighted by molar-refractivity contribution is -0.0221. The quantitative estimate of drug-likeness (QED) is 0.637. The van der Waals surface area contributed by atoms with Crippen LogP contribution in [0.1, 0.15) is 39.0 Å². The third-order valence-corrected chi connectivity index (χ3v) is 3.33. The molecule has 0 amide bonds. The molecular formula is C16H18O2. The lowest BCUT2D eigenvalue weighted by Crippen LogP contribution is -2.37. The second-order valence-corrected chi connectivity index (χ2v) is 4.95. The van der Waals surface area contributed by atoms with Crippen LogP contribution in [0.15, 0.2) is 23.3 Å². The molecule has 2 aliphatic rings. The number of aliphatic hydroxyl groups is 2. The molecule has 2 atom stereocenters. The van der Waals surface area contributed by atoms with E-state index in [9.17, 15) is 10.2 Å². The number of fused-ring (bicyclic) bond motifs is 1. The van der Waals surface area contributed by atoms with Gasteiger partial charge in [-0.15, -0.1) is 0 Å². The number of hydrogen-bond donors (Lipinski definition) is 2. The first kappa shape index (κ1) is 13.0. The van der Waals surface area contributed by atoms with Crippen LogP contribution in [0.4, 0.5) is 0 Å². The van der Waals surface area contributed by atoms with Gasteiger partial charge < -0.3 is 10.2 Å². The van der Waals surface area contributed by atoms with Crippen LogP contribution in [0, 0.1) is 23.7 Å². The zero-order valence-electron chi connectivity index (χ0n) is 10.7. The summed E-state index contributed by atoms with van der Waals surface area (Å²) in [5.41, 5.74) is 0.730. The van der Waals surface area contributed by atoms with E-state index >= 15 is 0 Å². The standard InChI is InChI=1S/C16H18O2/c1-16(18)12-11-14-9-6-5-8-13(14)7-3-2-4-10-15(16)17/h7,9,15,17-18H,4-6,8,10H2,1H3/b13-7-/t15-,16-/m0/s1. The van der Waals surface area contributed by atoms with Gasteiger partial charge in [0, 0.05) is 12.0 Å². The molecule has 0 heterocycles. The van der Waals surface area contributed by atoms with E-state index in [1.165, 1.54) is 0 Å². The summed E-state index contributed by atoms with van der Waals surface area (Å²) in [6.45, 7) is 1.56. The monoisotopic (exact) mass is 242 g/mol. The van der Waals surface area contributed by atoms with Crippen molar-refractivity contribution in [2.45, 2.75) is 50.7 Å². The lowest BCUT2D eigenvalue weighted by Gasteiger charge is -2.23.